The van der Waals surface area contributed by atoms with Gasteiger partial charge in [-0.2, -0.15) is 4.98 Å². The average molecular weight is 627 g/mol. The molecule has 3 N–H and O–H groups in total. The topological polar surface area (TPSA) is 146 Å². The van der Waals surface area contributed by atoms with Crippen molar-refractivity contribution in [3.63, 3.8) is 0 Å². The monoisotopic (exact) mass is 626 g/mol. The third-order valence-corrected chi connectivity index (χ3v) is 7.91. The summed E-state index contributed by atoms with van der Waals surface area (Å²) in [5, 5.41) is 17.1. The summed E-state index contributed by atoms with van der Waals surface area (Å²) in [4.78, 5) is 46.5. The number of pyridine rings is 2. The fourth-order valence-electron chi connectivity index (χ4n) is 5.49. The normalized spacial score (nSPS) is 23.8. The number of aliphatic hydroxyl groups is 1. The van der Waals surface area contributed by atoms with Crippen LogP contribution in [0.2, 0.25) is 0 Å². The molecule has 12 nitrogen and oxygen atoms in total. The van der Waals surface area contributed by atoms with Crippen molar-refractivity contribution in [2.75, 3.05) is 36.4 Å². The van der Waals surface area contributed by atoms with E-state index in [0.717, 1.165) is 10.9 Å². The Bertz CT molecular complexity index is 1580. The molecule has 45 heavy (non-hydrogen) atoms. The molecular formula is C31H40F2N8O4. The number of nitrogens with one attached hydrogen (secondary N) is 2. The van der Waals surface area contributed by atoms with E-state index in [-0.39, 0.29) is 37.7 Å². The first-order valence-corrected chi connectivity index (χ1v) is 15.0. The smallest absolute Gasteiger partial charge is 0.410 e. The van der Waals surface area contributed by atoms with Crippen molar-refractivity contribution in [1.82, 2.24) is 30.2 Å². The highest BCUT2D eigenvalue weighted by Crippen LogP contribution is 2.31. The molecule has 0 unspecified atom stereocenters. The maximum absolute atomic E-state index is 14.9. The zero-order chi connectivity index (χ0) is 32.7. The molecule has 0 aliphatic carbocycles. The number of alkyl halides is 2. The number of carbonyl (C=O) groups excluding carboxylic acids is 2. The van der Waals surface area contributed by atoms with Gasteiger partial charge >= 0.3 is 6.09 Å². The van der Waals surface area contributed by atoms with Crippen molar-refractivity contribution in [1.29, 1.82) is 0 Å². The highest BCUT2D eigenvalue weighted by Gasteiger charge is 2.40. The number of hydrogen-bond donors (Lipinski definition) is 3. The number of nitrogens with zero attached hydrogens (tertiary/aromatic N) is 6. The Kier molecular flexibility index (Phi) is 8.80. The van der Waals surface area contributed by atoms with Gasteiger partial charge in [0.15, 0.2) is 5.67 Å². The zero-order valence-corrected chi connectivity index (χ0v) is 26.3. The van der Waals surface area contributed by atoms with E-state index in [0.29, 0.717) is 29.5 Å². The standard InChI is InChI=1S/C31H40F2N8O4/c1-17(2)19-12-36-26(27(43)37-22-15-41(14-21(22)32)29(44)45-30(3,4)5)20-13-35-25(11-18(19)20)38-24-7-9-34-28(39-24)40-10-8-23(42)31(6,33)16-40/h7,9,11-13,17,21-23,42H,8,10,14-16H2,1-6H3,(H,37,43)(H,34,35,38,39)/t21-,22+,23-,31+/m1/s1. The van der Waals surface area contributed by atoms with Gasteiger partial charge in [0.05, 0.1) is 25.2 Å². The molecule has 5 heterocycles. The lowest BCUT2D eigenvalue weighted by atomic mass is 9.94. The third-order valence-electron chi connectivity index (χ3n) is 7.91. The second-order valence-corrected chi connectivity index (χ2v) is 13.2. The van der Waals surface area contributed by atoms with Gasteiger partial charge in [0.1, 0.15) is 29.1 Å². The van der Waals surface area contributed by atoms with Gasteiger partial charge < -0.3 is 30.3 Å². The van der Waals surface area contributed by atoms with Crippen LogP contribution in [0.15, 0.2) is 30.7 Å². The molecule has 0 radical (unpaired) electrons. The molecule has 3 aromatic rings. The van der Waals surface area contributed by atoms with E-state index < -0.39 is 41.6 Å². The lowest BCUT2D eigenvalue weighted by Crippen LogP contribution is -2.52. The van der Waals surface area contributed by atoms with Gasteiger partial charge in [-0.05, 0) is 63.1 Å². The summed E-state index contributed by atoms with van der Waals surface area (Å²) < 4.78 is 35.0. The molecule has 2 amide bonds. The Hall–Kier alpha value is -4.20. The predicted octanol–water partition coefficient (Wildman–Crippen LogP) is 4.27. The molecule has 3 aromatic heterocycles. The molecule has 2 aliphatic rings. The number of aliphatic hydroxyl groups excluding tert-OH is 1. The minimum atomic E-state index is -1.78. The molecule has 0 saturated carbocycles. The number of piperidine rings is 1. The molecule has 0 bridgehead atoms. The summed E-state index contributed by atoms with van der Waals surface area (Å²) >= 11 is 0. The van der Waals surface area contributed by atoms with Crippen LogP contribution < -0.4 is 15.5 Å². The van der Waals surface area contributed by atoms with Crippen LogP contribution >= 0.6 is 0 Å². The predicted molar refractivity (Wildman–Crippen MR) is 165 cm³/mol. The Morgan fingerprint density at radius 1 is 1.13 bits per heavy atom. The lowest BCUT2D eigenvalue weighted by Gasteiger charge is -2.38. The van der Waals surface area contributed by atoms with Crippen LogP contribution in [0.4, 0.5) is 31.2 Å². The van der Waals surface area contributed by atoms with Crippen molar-refractivity contribution in [3.05, 3.63) is 42.0 Å². The number of carbonyl (C=O) groups is 2. The second kappa shape index (κ2) is 12.3. The number of fused-ring (bicyclic) bond motifs is 1. The fraction of sp³-hybridized carbons (Fsp3) is 0.548. The van der Waals surface area contributed by atoms with E-state index in [1.165, 1.54) is 18.0 Å². The van der Waals surface area contributed by atoms with Crippen LogP contribution in [0.25, 0.3) is 10.8 Å². The van der Waals surface area contributed by atoms with Gasteiger partial charge in [0.25, 0.3) is 5.91 Å². The van der Waals surface area contributed by atoms with E-state index >= 15 is 0 Å². The molecule has 14 heteroatoms. The zero-order valence-electron chi connectivity index (χ0n) is 26.3. The molecular weight excluding hydrogens is 586 g/mol. The Labute approximate surface area is 260 Å². The summed E-state index contributed by atoms with van der Waals surface area (Å²) in [5.74, 6) is 0.689. The average Bonchev–Trinajstić information content (AvgIpc) is 3.32. The van der Waals surface area contributed by atoms with Crippen molar-refractivity contribution in [2.24, 2.45) is 0 Å². The SMILES string of the molecule is CC(C)c1cnc(C(=O)N[C@H]2CN(C(=O)OC(C)(C)C)C[C@H]2F)c2cnc(Nc3ccnc(N4CC[C@@H](O)[C@@](C)(F)C4)n3)cc12. The second-order valence-electron chi connectivity index (χ2n) is 13.2. The molecule has 4 atom stereocenters. The lowest BCUT2D eigenvalue weighted by molar-refractivity contribution is -0.00860. The van der Waals surface area contributed by atoms with Gasteiger partial charge in [-0.1, -0.05) is 13.8 Å². The van der Waals surface area contributed by atoms with E-state index in [2.05, 4.69) is 30.6 Å². The number of likely N-dealkylation sites (tertiary alicyclic amines) is 1. The van der Waals surface area contributed by atoms with Crippen LogP contribution in [0.1, 0.15) is 69.9 Å². The first-order valence-electron chi connectivity index (χ1n) is 15.0. The van der Waals surface area contributed by atoms with E-state index in [1.807, 2.05) is 13.8 Å². The summed E-state index contributed by atoms with van der Waals surface area (Å²) in [7, 11) is 0. The van der Waals surface area contributed by atoms with E-state index in [9.17, 15) is 23.5 Å². The first kappa shape index (κ1) is 32.2. The van der Waals surface area contributed by atoms with Crippen LogP contribution in [-0.4, -0.2) is 97.7 Å². The Morgan fingerprint density at radius 2 is 1.89 bits per heavy atom. The number of amides is 2. The summed E-state index contributed by atoms with van der Waals surface area (Å²) in [6.45, 7) is 10.7. The number of rotatable bonds is 6. The molecule has 2 saturated heterocycles. The van der Waals surface area contributed by atoms with Crippen molar-refractivity contribution in [3.8, 4) is 0 Å². The van der Waals surface area contributed by atoms with Gasteiger partial charge in [0.2, 0.25) is 5.95 Å². The van der Waals surface area contributed by atoms with Gasteiger partial charge in [-0.15, -0.1) is 0 Å². The number of hydrogen-bond acceptors (Lipinski definition) is 10. The Morgan fingerprint density at radius 3 is 2.58 bits per heavy atom. The molecule has 0 aromatic carbocycles. The van der Waals surface area contributed by atoms with Crippen LogP contribution in [0.3, 0.4) is 0 Å². The summed E-state index contributed by atoms with van der Waals surface area (Å²) in [6.07, 6.45) is 1.83. The minimum absolute atomic E-state index is 0.0281. The van der Waals surface area contributed by atoms with Crippen molar-refractivity contribution < 1.29 is 28.2 Å². The largest absolute Gasteiger partial charge is 0.444 e. The molecule has 5 rings (SSSR count). The van der Waals surface area contributed by atoms with Crippen molar-refractivity contribution >= 4 is 40.4 Å². The highest BCUT2D eigenvalue weighted by molar-refractivity contribution is 6.06. The fourth-order valence-corrected chi connectivity index (χ4v) is 5.49. The molecule has 0 spiro atoms. The summed E-state index contributed by atoms with van der Waals surface area (Å²) in [5.41, 5.74) is -1.54. The number of ether oxygens (including phenoxy) is 1. The molecule has 2 fully saturated rings. The summed E-state index contributed by atoms with van der Waals surface area (Å²) in [6, 6.07) is 2.53. The van der Waals surface area contributed by atoms with Crippen LogP contribution in [0, 0.1) is 0 Å². The van der Waals surface area contributed by atoms with Crippen LogP contribution in [0.5, 0.6) is 0 Å². The maximum atomic E-state index is 14.9. The number of anilines is 3. The van der Waals surface area contributed by atoms with Crippen molar-refractivity contribution in [2.45, 2.75) is 83.5 Å². The molecule has 242 valence electrons. The number of halogens is 2. The highest BCUT2D eigenvalue weighted by atomic mass is 19.1. The van der Waals surface area contributed by atoms with Gasteiger partial charge in [-0.25, -0.2) is 23.5 Å². The minimum Gasteiger partial charge on any atom is -0.444 e. The maximum Gasteiger partial charge on any atom is 0.410 e. The molecule has 2 aliphatic heterocycles. The van der Waals surface area contributed by atoms with E-state index in [1.54, 1.807) is 50.2 Å². The quantitative estimate of drug-likeness (QED) is 0.363. The first-order chi connectivity index (χ1) is 21.1. The van der Waals surface area contributed by atoms with E-state index in [4.69, 9.17) is 4.74 Å². The number of aromatic nitrogens is 4. The third kappa shape index (κ3) is 7.21. The van der Waals surface area contributed by atoms with Crippen LogP contribution in [-0.2, 0) is 4.74 Å². The Balaban J connectivity index is 1.35. The van der Waals surface area contributed by atoms with Gasteiger partial charge in [0, 0.05) is 37.1 Å². The van der Waals surface area contributed by atoms with Gasteiger partial charge in [-0.3, -0.25) is 9.78 Å².